The minimum absolute atomic E-state index is 0.0218. The fraction of sp³-hybridized carbons (Fsp3) is 0.591. The quantitative estimate of drug-likeness (QED) is 0.632. The lowest BCUT2D eigenvalue weighted by Crippen LogP contribution is -2.44. The molecule has 8 nitrogen and oxygen atoms in total. The first-order chi connectivity index (χ1) is 14.3. The van der Waals surface area contributed by atoms with Crippen molar-refractivity contribution in [1.82, 2.24) is 14.7 Å². The Bertz CT molecular complexity index is 810. The highest BCUT2D eigenvalue weighted by molar-refractivity contribution is 6.04. The van der Waals surface area contributed by atoms with Crippen molar-refractivity contribution >= 4 is 17.8 Å². The molecular weight excluding hydrogens is 386 g/mol. The van der Waals surface area contributed by atoms with E-state index in [-0.39, 0.29) is 36.3 Å². The molecule has 0 aromatic heterocycles. The third-order valence-corrected chi connectivity index (χ3v) is 5.69. The van der Waals surface area contributed by atoms with Crippen molar-refractivity contribution in [3.63, 3.8) is 0 Å². The molecule has 4 amide bonds. The average molecular weight is 418 g/mol. The van der Waals surface area contributed by atoms with Gasteiger partial charge in [-0.15, -0.1) is 0 Å². The first-order valence-electron chi connectivity index (χ1n) is 10.3. The van der Waals surface area contributed by atoms with Crippen molar-refractivity contribution < 1.29 is 23.9 Å². The maximum absolute atomic E-state index is 13.1. The van der Waals surface area contributed by atoms with E-state index in [0.29, 0.717) is 32.5 Å². The summed E-state index contributed by atoms with van der Waals surface area (Å²) in [6, 6.07) is 6.72. The van der Waals surface area contributed by atoms with Gasteiger partial charge in [-0.25, -0.2) is 4.79 Å². The van der Waals surface area contributed by atoms with Gasteiger partial charge in [-0.2, -0.15) is 0 Å². The zero-order valence-electron chi connectivity index (χ0n) is 18.2. The van der Waals surface area contributed by atoms with Crippen LogP contribution in [0.2, 0.25) is 0 Å². The van der Waals surface area contributed by atoms with E-state index in [2.05, 4.69) is 0 Å². The number of para-hydroxylation sites is 1. The maximum atomic E-state index is 13.1. The van der Waals surface area contributed by atoms with Gasteiger partial charge in [0.05, 0.1) is 26.8 Å². The Hall–Kier alpha value is -2.61. The van der Waals surface area contributed by atoms with Gasteiger partial charge in [0.1, 0.15) is 11.8 Å². The van der Waals surface area contributed by atoms with Crippen molar-refractivity contribution in [1.29, 1.82) is 0 Å². The number of rotatable bonds is 7. The molecule has 2 aliphatic heterocycles. The van der Waals surface area contributed by atoms with Crippen molar-refractivity contribution in [2.75, 3.05) is 47.0 Å². The first kappa shape index (κ1) is 22.1. The van der Waals surface area contributed by atoms with Gasteiger partial charge in [0.2, 0.25) is 5.91 Å². The van der Waals surface area contributed by atoms with E-state index in [4.69, 9.17) is 9.47 Å². The SMILES string of the molecule is COCCN1C(=O)C2CN(C(=O)CCc3ccccc3OC)CC(C)(C)CN2C1=O. The largest absolute Gasteiger partial charge is 0.496 e. The van der Waals surface area contributed by atoms with Crippen LogP contribution in [-0.4, -0.2) is 85.6 Å². The lowest BCUT2D eigenvalue weighted by molar-refractivity contribution is -0.134. The fourth-order valence-electron chi connectivity index (χ4n) is 4.24. The molecule has 1 unspecified atom stereocenters. The van der Waals surface area contributed by atoms with Gasteiger partial charge in [0, 0.05) is 32.0 Å². The molecule has 2 fully saturated rings. The third-order valence-electron chi connectivity index (χ3n) is 5.69. The molecule has 3 rings (SSSR count). The number of benzene rings is 1. The van der Waals surface area contributed by atoms with Gasteiger partial charge in [0.25, 0.3) is 5.91 Å². The van der Waals surface area contributed by atoms with E-state index in [1.54, 1.807) is 16.9 Å². The highest BCUT2D eigenvalue weighted by atomic mass is 16.5. The fourth-order valence-corrected chi connectivity index (χ4v) is 4.24. The molecule has 0 bridgehead atoms. The van der Waals surface area contributed by atoms with E-state index in [9.17, 15) is 14.4 Å². The van der Waals surface area contributed by atoms with E-state index >= 15 is 0 Å². The summed E-state index contributed by atoms with van der Waals surface area (Å²) < 4.78 is 10.4. The van der Waals surface area contributed by atoms with Crippen LogP contribution in [0.4, 0.5) is 4.79 Å². The molecule has 164 valence electrons. The van der Waals surface area contributed by atoms with Crippen LogP contribution in [0.3, 0.4) is 0 Å². The van der Waals surface area contributed by atoms with E-state index < -0.39 is 6.04 Å². The molecule has 0 radical (unpaired) electrons. The Balaban J connectivity index is 1.73. The number of carbonyl (C=O) groups is 3. The predicted molar refractivity (Wildman–Crippen MR) is 111 cm³/mol. The normalized spacial score (nSPS) is 20.9. The van der Waals surface area contributed by atoms with Gasteiger partial charge in [0.15, 0.2) is 0 Å². The van der Waals surface area contributed by atoms with E-state index in [0.717, 1.165) is 11.3 Å². The highest BCUT2D eigenvalue weighted by Crippen LogP contribution is 2.30. The lowest BCUT2D eigenvalue weighted by Gasteiger charge is -2.30. The van der Waals surface area contributed by atoms with E-state index in [1.165, 1.54) is 12.0 Å². The molecular formula is C22H31N3O5. The zero-order valence-corrected chi connectivity index (χ0v) is 18.2. The summed E-state index contributed by atoms with van der Waals surface area (Å²) in [5.41, 5.74) is 0.657. The maximum Gasteiger partial charge on any atom is 0.327 e. The molecule has 1 aromatic rings. The number of nitrogens with zero attached hydrogens (tertiary/aromatic N) is 3. The topological polar surface area (TPSA) is 79.4 Å². The number of imide groups is 1. The summed E-state index contributed by atoms with van der Waals surface area (Å²) in [6.45, 7) is 5.72. The van der Waals surface area contributed by atoms with Crippen LogP contribution in [0.1, 0.15) is 25.8 Å². The monoisotopic (exact) mass is 417 g/mol. The van der Waals surface area contributed by atoms with Gasteiger partial charge in [-0.3, -0.25) is 14.5 Å². The van der Waals surface area contributed by atoms with Crippen LogP contribution >= 0.6 is 0 Å². The van der Waals surface area contributed by atoms with Crippen molar-refractivity contribution in [2.45, 2.75) is 32.7 Å². The zero-order chi connectivity index (χ0) is 21.9. The summed E-state index contributed by atoms with van der Waals surface area (Å²) in [6.07, 6.45) is 0.875. The molecule has 1 aromatic carbocycles. The van der Waals surface area contributed by atoms with Crippen LogP contribution < -0.4 is 4.74 Å². The number of aryl methyl sites for hydroxylation is 1. The summed E-state index contributed by atoms with van der Waals surface area (Å²) in [7, 11) is 3.15. The number of ether oxygens (including phenoxy) is 2. The summed E-state index contributed by atoms with van der Waals surface area (Å²) in [4.78, 5) is 43.4. The number of fused-ring (bicyclic) bond motifs is 1. The van der Waals surface area contributed by atoms with Crippen molar-refractivity contribution in [2.24, 2.45) is 5.41 Å². The Kier molecular flexibility index (Phi) is 6.65. The van der Waals surface area contributed by atoms with Crippen molar-refractivity contribution in [3.05, 3.63) is 29.8 Å². The molecule has 2 aliphatic rings. The Morgan fingerprint density at radius 2 is 1.90 bits per heavy atom. The molecule has 0 aliphatic carbocycles. The molecule has 0 saturated carbocycles. The van der Waals surface area contributed by atoms with Crippen LogP contribution in [0.15, 0.2) is 24.3 Å². The van der Waals surface area contributed by atoms with Gasteiger partial charge >= 0.3 is 6.03 Å². The third kappa shape index (κ3) is 4.59. The number of urea groups is 1. The smallest absolute Gasteiger partial charge is 0.327 e. The lowest BCUT2D eigenvalue weighted by atomic mass is 9.92. The Labute approximate surface area is 177 Å². The Morgan fingerprint density at radius 1 is 1.17 bits per heavy atom. The minimum atomic E-state index is -0.633. The second-order valence-corrected chi connectivity index (χ2v) is 8.66. The number of amides is 4. The number of hydrogen-bond acceptors (Lipinski definition) is 5. The summed E-state index contributed by atoms with van der Waals surface area (Å²) in [5.74, 6) is 0.488. The molecule has 2 heterocycles. The van der Waals surface area contributed by atoms with Gasteiger partial charge < -0.3 is 19.3 Å². The molecule has 30 heavy (non-hydrogen) atoms. The number of methoxy groups -OCH3 is 2. The van der Waals surface area contributed by atoms with Gasteiger partial charge in [-0.1, -0.05) is 32.0 Å². The van der Waals surface area contributed by atoms with Crippen LogP contribution in [-0.2, 0) is 20.7 Å². The van der Waals surface area contributed by atoms with Gasteiger partial charge in [-0.05, 0) is 18.1 Å². The number of hydrogen-bond donors (Lipinski definition) is 0. The van der Waals surface area contributed by atoms with Crippen molar-refractivity contribution in [3.8, 4) is 5.75 Å². The van der Waals surface area contributed by atoms with E-state index in [1.807, 2.05) is 38.1 Å². The Morgan fingerprint density at radius 3 is 2.60 bits per heavy atom. The minimum Gasteiger partial charge on any atom is -0.496 e. The average Bonchev–Trinajstić information content (AvgIpc) is 2.85. The highest BCUT2D eigenvalue weighted by Gasteiger charge is 2.49. The molecule has 1 atom stereocenters. The standard InChI is InChI=1S/C22H31N3O5/c1-22(2)14-23(19(26)10-9-16-7-5-6-8-18(16)30-4)13-17-20(27)24(11-12-29-3)21(28)25(17)15-22/h5-8,17H,9-15H2,1-4H3. The van der Waals surface area contributed by atoms with Crippen LogP contribution in [0, 0.1) is 5.41 Å². The molecule has 8 heteroatoms. The first-order valence-corrected chi connectivity index (χ1v) is 10.3. The predicted octanol–water partition coefficient (Wildman–Crippen LogP) is 1.78. The van der Waals surface area contributed by atoms with Crippen LogP contribution in [0.25, 0.3) is 0 Å². The molecule has 2 saturated heterocycles. The molecule has 0 spiro atoms. The van der Waals surface area contributed by atoms with Crippen LogP contribution in [0.5, 0.6) is 5.75 Å². The molecule has 0 N–H and O–H groups in total. The summed E-state index contributed by atoms with van der Waals surface area (Å²) in [5, 5.41) is 0. The summed E-state index contributed by atoms with van der Waals surface area (Å²) >= 11 is 0. The second kappa shape index (κ2) is 9.04. The number of carbonyl (C=O) groups excluding carboxylic acids is 3. The second-order valence-electron chi connectivity index (χ2n) is 8.66.